The number of hydrogen-bond acceptors (Lipinski definition) is 2. The third-order valence-corrected chi connectivity index (χ3v) is 2.70. The van der Waals surface area contributed by atoms with Gasteiger partial charge in [0, 0.05) is 9.86 Å². The highest BCUT2D eigenvalue weighted by molar-refractivity contribution is 9.10. The molecule has 0 aliphatic rings. The van der Waals surface area contributed by atoms with Gasteiger partial charge >= 0.3 is 0 Å². The molecule has 0 spiro atoms. The quantitative estimate of drug-likeness (QED) is 0.781. The van der Waals surface area contributed by atoms with Gasteiger partial charge in [0.25, 0.3) is 0 Å². The van der Waals surface area contributed by atoms with Gasteiger partial charge in [-0.15, -0.1) is 0 Å². The Morgan fingerprint density at radius 3 is 2.43 bits per heavy atom. The minimum Gasteiger partial charge on any atom is -0.504 e. The van der Waals surface area contributed by atoms with Crippen molar-refractivity contribution in [2.45, 2.75) is 0 Å². The lowest BCUT2D eigenvalue weighted by molar-refractivity contribution is 0.477. The van der Waals surface area contributed by atoms with E-state index in [-0.39, 0.29) is 11.2 Å². The second-order valence-corrected chi connectivity index (χ2v) is 3.80. The Balaban J connectivity index is 3.11. The molecule has 14 heavy (non-hydrogen) atoms. The number of fused-ring (bicyclic) bond motifs is 1. The van der Waals surface area contributed by atoms with Crippen molar-refractivity contribution in [3.63, 3.8) is 0 Å². The molecule has 2 aromatic rings. The molecule has 0 unspecified atom stereocenters. The Morgan fingerprint density at radius 2 is 1.71 bits per heavy atom. The zero-order chi connectivity index (χ0) is 10.1. The summed E-state index contributed by atoms with van der Waals surface area (Å²) in [4.78, 5) is 11.3. The maximum Gasteiger partial charge on any atom is 0.220 e. The Labute approximate surface area is 88.9 Å². The van der Waals surface area contributed by atoms with Crippen molar-refractivity contribution in [1.29, 1.82) is 0 Å². The first-order chi connectivity index (χ1) is 6.70. The van der Waals surface area contributed by atoms with Crippen LogP contribution >= 0.6 is 15.9 Å². The first-order valence-electron chi connectivity index (χ1n) is 4.10. The van der Waals surface area contributed by atoms with Crippen molar-refractivity contribution in [3.05, 3.63) is 51.1 Å². The van der Waals surface area contributed by atoms with Crippen LogP contribution in [0.15, 0.2) is 45.7 Å². The van der Waals surface area contributed by atoms with Gasteiger partial charge in [-0.3, -0.25) is 4.79 Å². The maximum absolute atomic E-state index is 11.3. The van der Waals surface area contributed by atoms with Gasteiger partial charge in [0.1, 0.15) is 0 Å². The molecule has 0 aliphatic heterocycles. The molecule has 0 amide bonds. The minimum absolute atomic E-state index is 0.211. The van der Waals surface area contributed by atoms with Crippen molar-refractivity contribution in [2.75, 3.05) is 0 Å². The molecular formula is C11H7BrO2. The summed E-state index contributed by atoms with van der Waals surface area (Å²) in [5.41, 5.74) is -0.369. The van der Waals surface area contributed by atoms with E-state index >= 15 is 0 Å². The molecule has 2 aromatic carbocycles. The SMILES string of the molecule is O=c1cccc2cccc(Br)c2c1O. The largest absolute Gasteiger partial charge is 0.504 e. The van der Waals surface area contributed by atoms with E-state index in [1.807, 2.05) is 12.1 Å². The van der Waals surface area contributed by atoms with Crippen molar-refractivity contribution < 1.29 is 5.11 Å². The minimum atomic E-state index is -0.369. The molecule has 2 nitrogen and oxygen atoms in total. The second kappa shape index (κ2) is 3.42. The van der Waals surface area contributed by atoms with Gasteiger partial charge in [-0.2, -0.15) is 0 Å². The molecule has 70 valence electrons. The van der Waals surface area contributed by atoms with Gasteiger partial charge in [0.15, 0.2) is 5.75 Å². The Bertz CT molecular complexity index is 549. The molecule has 0 fully saturated rings. The van der Waals surface area contributed by atoms with Crippen LogP contribution in [0.25, 0.3) is 10.8 Å². The molecule has 1 N–H and O–H groups in total. The topological polar surface area (TPSA) is 37.3 Å². The zero-order valence-corrected chi connectivity index (χ0v) is 8.78. The lowest BCUT2D eigenvalue weighted by atomic mass is 10.2. The maximum atomic E-state index is 11.3. The van der Waals surface area contributed by atoms with E-state index in [1.165, 1.54) is 6.07 Å². The summed E-state index contributed by atoms with van der Waals surface area (Å²) in [5.74, 6) is -0.211. The number of benzene rings is 1. The first kappa shape index (κ1) is 9.21. The lowest BCUT2D eigenvalue weighted by Crippen LogP contribution is -1.92. The Kier molecular flexibility index (Phi) is 2.25. The highest BCUT2D eigenvalue weighted by Crippen LogP contribution is 2.27. The van der Waals surface area contributed by atoms with Gasteiger partial charge in [0.2, 0.25) is 5.43 Å². The summed E-state index contributed by atoms with van der Waals surface area (Å²) < 4.78 is 0.723. The van der Waals surface area contributed by atoms with Crippen LogP contribution in [-0.4, -0.2) is 5.11 Å². The van der Waals surface area contributed by atoms with E-state index in [4.69, 9.17) is 0 Å². The van der Waals surface area contributed by atoms with E-state index < -0.39 is 0 Å². The Hall–Kier alpha value is -1.35. The number of aromatic hydroxyl groups is 1. The molecule has 0 radical (unpaired) electrons. The molecule has 0 atom stereocenters. The standard InChI is InChI=1S/C11H7BrO2/c12-8-5-1-3-7-4-2-6-9(13)11(14)10(7)8/h1-6H,(H,13,14). The second-order valence-electron chi connectivity index (χ2n) is 2.94. The normalized spacial score (nSPS) is 10.4. The lowest BCUT2D eigenvalue weighted by Gasteiger charge is -1.97. The van der Waals surface area contributed by atoms with Gasteiger partial charge in [-0.1, -0.05) is 40.2 Å². The smallest absolute Gasteiger partial charge is 0.220 e. The fraction of sp³-hybridized carbons (Fsp3) is 0. The van der Waals surface area contributed by atoms with Crippen LogP contribution in [0.1, 0.15) is 0 Å². The van der Waals surface area contributed by atoms with Crippen LogP contribution in [0.3, 0.4) is 0 Å². The predicted octanol–water partition coefficient (Wildman–Crippen LogP) is 2.67. The molecule has 3 heteroatoms. The summed E-state index contributed by atoms with van der Waals surface area (Å²) >= 11 is 3.30. The van der Waals surface area contributed by atoms with Crippen molar-refractivity contribution in [2.24, 2.45) is 0 Å². The summed E-state index contributed by atoms with van der Waals surface area (Å²) in [5, 5.41) is 11.0. The summed E-state index contributed by atoms with van der Waals surface area (Å²) in [6.45, 7) is 0. The summed E-state index contributed by atoms with van der Waals surface area (Å²) in [6.07, 6.45) is 0. The molecule has 0 aliphatic carbocycles. The van der Waals surface area contributed by atoms with Crippen LogP contribution in [0.5, 0.6) is 5.75 Å². The van der Waals surface area contributed by atoms with Crippen LogP contribution in [-0.2, 0) is 0 Å². The average molecular weight is 251 g/mol. The van der Waals surface area contributed by atoms with E-state index in [9.17, 15) is 9.90 Å². The molecule has 0 bridgehead atoms. The number of rotatable bonds is 0. The van der Waals surface area contributed by atoms with Crippen LogP contribution < -0.4 is 5.43 Å². The number of halogens is 1. The van der Waals surface area contributed by atoms with Crippen molar-refractivity contribution in [1.82, 2.24) is 0 Å². The highest BCUT2D eigenvalue weighted by Gasteiger charge is 2.04. The van der Waals surface area contributed by atoms with Crippen LogP contribution in [0, 0.1) is 0 Å². The van der Waals surface area contributed by atoms with Gasteiger partial charge in [-0.05, 0) is 17.5 Å². The fourth-order valence-corrected chi connectivity index (χ4v) is 1.94. The van der Waals surface area contributed by atoms with E-state index in [2.05, 4.69) is 15.9 Å². The van der Waals surface area contributed by atoms with E-state index in [0.29, 0.717) is 5.39 Å². The monoisotopic (exact) mass is 250 g/mol. The molecule has 2 rings (SSSR count). The molecule has 0 aromatic heterocycles. The average Bonchev–Trinajstić information content (AvgIpc) is 2.29. The van der Waals surface area contributed by atoms with E-state index in [0.717, 1.165) is 9.86 Å². The third kappa shape index (κ3) is 1.40. The predicted molar refractivity (Wildman–Crippen MR) is 59.6 cm³/mol. The Morgan fingerprint density at radius 1 is 1.07 bits per heavy atom. The summed E-state index contributed by atoms with van der Waals surface area (Å²) in [6, 6.07) is 10.3. The molecule has 0 saturated heterocycles. The van der Waals surface area contributed by atoms with Crippen LogP contribution in [0.4, 0.5) is 0 Å². The van der Waals surface area contributed by atoms with Gasteiger partial charge in [-0.25, -0.2) is 0 Å². The molecule has 0 heterocycles. The van der Waals surface area contributed by atoms with Crippen molar-refractivity contribution in [3.8, 4) is 5.75 Å². The molecular weight excluding hydrogens is 244 g/mol. The van der Waals surface area contributed by atoms with Crippen molar-refractivity contribution >= 4 is 26.7 Å². The van der Waals surface area contributed by atoms with Gasteiger partial charge in [0.05, 0.1) is 0 Å². The molecule has 0 saturated carbocycles. The zero-order valence-electron chi connectivity index (χ0n) is 7.20. The highest BCUT2D eigenvalue weighted by atomic mass is 79.9. The summed E-state index contributed by atoms with van der Waals surface area (Å²) in [7, 11) is 0. The fourth-order valence-electron chi connectivity index (χ4n) is 1.37. The van der Waals surface area contributed by atoms with Crippen LogP contribution in [0.2, 0.25) is 0 Å². The van der Waals surface area contributed by atoms with Gasteiger partial charge < -0.3 is 5.11 Å². The number of hydrogen-bond donors (Lipinski definition) is 1. The first-order valence-corrected chi connectivity index (χ1v) is 4.90. The third-order valence-electron chi connectivity index (χ3n) is 2.04. The van der Waals surface area contributed by atoms with E-state index in [1.54, 1.807) is 18.2 Å².